The van der Waals surface area contributed by atoms with Crippen LogP contribution in [0.3, 0.4) is 0 Å². The number of aromatic nitrogens is 1. The summed E-state index contributed by atoms with van der Waals surface area (Å²) in [5.74, 6) is 0. The van der Waals surface area contributed by atoms with E-state index in [-0.39, 0.29) is 0 Å². The molecule has 8 rings (SSSR count). The standard InChI is InChI=1S/C14H14.C12H11N.C8H10O.3C5H12/c1-3-7-13-11(5-1)9-10-12-6-2-4-8-14(12)13;1-3-9-7-11-5-2-6-13-12(11)8-10(9)4-1;1-2-4-8-6-9-5-7(8)3-1;3*1-5(2,3)4/h1,3,5,7,9-10H,2,4,6,8H2;2,5-8H,1,3-4H2;5-6H,1-4H2;3*1-4H3. The van der Waals surface area contributed by atoms with Crippen LogP contribution in [0.2, 0.25) is 0 Å². The number of hydrogen-bond donors (Lipinski definition) is 0. The van der Waals surface area contributed by atoms with Crippen molar-refractivity contribution in [2.75, 3.05) is 0 Å². The Kier molecular flexibility index (Phi) is 16.0. The first kappa shape index (κ1) is 42.0. The van der Waals surface area contributed by atoms with E-state index in [9.17, 15) is 0 Å². The molecule has 0 fully saturated rings. The third-order valence-corrected chi connectivity index (χ3v) is 8.05. The molecule has 0 radical (unpaired) electrons. The van der Waals surface area contributed by atoms with Gasteiger partial charge in [0.05, 0.1) is 18.0 Å². The molecule has 2 heteroatoms. The first-order valence-electron chi connectivity index (χ1n) is 19.7. The number of benzene rings is 3. The highest BCUT2D eigenvalue weighted by molar-refractivity contribution is 5.87. The predicted molar refractivity (Wildman–Crippen MR) is 225 cm³/mol. The molecule has 0 amide bonds. The van der Waals surface area contributed by atoms with Crippen LogP contribution in [0.25, 0.3) is 21.7 Å². The van der Waals surface area contributed by atoms with Crippen LogP contribution >= 0.6 is 0 Å². The zero-order chi connectivity index (χ0) is 37.7. The van der Waals surface area contributed by atoms with Gasteiger partial charge in [-0.2, -0.15) is 0 Å². The lowest BCUT2D eigenvalue weighted by atomic mass is 9.88. The summed E-state index contributed by atoms with van der Waals surface area (Å²) >= 11 is 0. The number of hydrogen-bond acceptors (Lipinski definition) is 2. The van der Waals surface area contributed by atoms with Crippen LogP contribution < -0.4 is 0 Å². The van der Waals surface area contributed by atoms with Gasteiger partial charge in [-0.3, -0.25) is 4.98 Å². The van der Waals surface area contributed by atoms with Crippen LogP contribution in [0.15, 0.2) is 83.8 Å². The highest BCUT2D eigenvalue weighted by Gasteiger charge is 2.13. The lowest BCUT2D eigenvalue weighted by Crippen LogP contribution is -2.02. The van der Waals surface area contributed by atoms with Gasteiger partial charge in [0.25, 0.3) is 0 Å². The molecule has 0 spiro atoms. The fourth-order valence-corrected chi connectivity index (χ4v) is 6.09. The van der Waals surface area contributed by atoms with E-state index < -0.39 is 0 Å². The molecule has 0 saturated heterocycles. The maximum absolute atomic E-state index is 5.07. The van der Waals surface area contributed by atoms with Gasteiger partial charge in [0, 0.05) is 11.6 Å². The van der Waals surface area contributed by atoms with Crippen LogP contribution in [-0.4, -0.2) is 4.98 Å². The summed E-state index contributed by atoms with van der Waals surface area (Å²) < 4.78 is 5.07. The lowest BCUT2D eigenvalue weighted by Gasteiger charge is -2.17. The average Bonchev–Trinajstić information content (AvgIpc) is 3.71. The van der Waals surface area contributed by atoms with Crippen molar-refractivity contribution in [2.45, 2.75) is 154 Å². The highest BCUT2D eigenvalue weighted by atomic mass is 16.3. The van der Waals surface area contributed by atoms with Crippen molar-refractivity contribution >= 4 is 21.7 Å². The molecule has 0 atom stereocenters. The van der Waals surface area contributed by atoms with Gasteiger partial charge in [-0.25, -0.2) is 0 Å². The predicted octanol–water partition coefficient (Wildman–Crippen LogP) is 14.8. The molecule has 0 saturated carbocycles. The van der Waals surface area contributed by atoms with Crippen LogP contribution in [0.4, 0.5) is 0 Å². The molecule has 278 valence electrons. The second kappa shape index (κ2) is 19.4. The summed E-state index contributed by atoms with van der Waals surface area (Å²) in [7, 11) is 0. The van der Waals surface area contributed by atoms with Gasteiger partial charge in [0.1, 0.15) is 0 Å². The topological polar surface area (TPSA) is 26.0 Å². The molecule has 0 aliphatic heterocycles. The Hall–Kier alpha value is -3.39. The fraction of sp³-hybridized carbons (Fsp3) is 0.531. The smallest absolute Gasteiger partial charge is 0.0937 e. The van der Waals surface area contributed by atoms with Crippen molar-refractivity contribution in [2.24, 2.45) is 16.2 Å². The second-order valence-corrected chi connectivity index (χ2v) is 19.4. The van der Waals surface area contributed by atoms with E-state index in [2.05, 4.69) is 143 Å². The van der Waals surface area contributed by atoms with Crippen molar-refractivity contribution in [1.82, 2.24) is 4.98 Å². The van der Waals surface area contributed by atoms with Crippen LogP contribution in [-0.2, 0) is 38.5 Å². The first-order valence-corrected chi connectivity index (χ1v) is 19.7. The Morgan fingerprint density at radius 1 is 0.451 bits per heavy atom. The molecular weight excluding hydrogens is 619 g/mol. The van der Waals surface area contributed by atoms with E-state index in [1.165, 1.54) is 109 Å². The van der Waals surface area contributed by atoms with Crippen molar-refractivity contribution < 1.29 is 4.42 Å². The van der Waals surface area contributed by atoms with E-state index in [0.29, 0.717) is 16.2 Å². The Morgan fingerprint density at radius 2 is 0.922 bits per heavy atom. The Morgan fingerprint density at radius 3 is 1.51 bits per heavy atom. The minimum absolute atomic E-state index is 0.500. The van der Waals surface area contributed by atoms with E-state index in [0.717, 1.165) is 5.52 Å². The number of fused-ring (bicyclic) bond motifs is 6. The number of furan rings is 1. The van der Waals surface area contributed by atoms with E-state index in [1.807, 2.05) is 24.8 Å². The van der Waals surface area contributed by atoms with Gasteiger partial charge < -0.3 is 4.42 Å². The molecule has 2 nitrogen and oxygen atoms in total. The first-order chi connectivity index (χ1) is 23.8. The molecule has 3 aromatic carbocycles. The molecule has 3 aliphatic rings. The highest BCUT2D eigenvalue weighted by Crippen LogP contribution is 2.29. The Bertz CT molecular complexity index is 1640. The molecule has 0 bridgehead atoms. The summed E-state index contributed by atoms with van der Waals surface area (Å²) in [5, 5.41) is 4.15. The van der Waals surface area contributed by atoms with Gasteiger partial charge in [-0.1, -0.05) is 126 Å². The molecule has 2 heterocycles. The van der Waals surface area contributed by atoms with Gasteiger partial charge in [0.15, 0.2) is 0 Å². The van der Waals surface area contributed by atoms with E-state index in [4.69, 9.17) is 4.42 Å². The molecular formula is C49H71NO. The Labute approximate surface area is 312 Å². The largest absolute Gasteiger partial charge is 0.472 e. The molecule has 3 aliphatic carbocycles. The average molecular weight is 690 g/mol. The quantitative estimate of drug-likeness (QED) is 0.162. The molecule has 0 N–H and O–H groups in total. The number of pyridine rings is 1. The zero-order valence-electron chi connectivity index (χ0n) is 34.6. The van der Waals surface area contributed by atoms with Crippen molar-refractivity contribution in [3.05, 3.63) is 113 Å². The summed E-state index contributed by atoms with van der Waals surface area (Å²) in [6, 6.07) is 22.0. The monoisotopic (exact) mass is 690 g/mol. The molecule has 51 heavy (non-hydrogen) atoms. The minimum atomic E-state index is 0.500. The SMILES string of the molecule is CC(C)(C)C.CC(C)(C)C.CC(C)(C)C.c1ccc2c3c(ccc2c1)CCCC3.c1cnc2cc3c(cc2c1)CCC3.c1occ2c1CCCC2. The number of aryl methyl sites for hydroxylation is 6. The van der Waals surface area contributed by atoms with Crippen molar-refractivity contribution in [1.29, 1.82) is 0 Å². The van der Waals surface area contributed by atoms with Crippen molar-refractivity contribution in [3.8, 4) is 0 Å². The normalized spacial score (nSPS) is 14.6. The molecule has 2 aromatic heterocycles. The maximum Gasteiger partial charge on any atom is 0.0937 e. The molecule has 0 unspecified atom stereocenters. The third-order valence-electron chi connectivity index (χ3n) is 8.05. The van der Waals surface area contributed by atoms with Crippen LogP contribution in [0.1, 0.15) is 149 Å². The van der Waals surface area contributed by atoms with E-state index in [1.54, 1.807) is 11.1 Å². The van der Waals surface area contributed by atoms with Gasteiger partial charge in [-0.05, 0) is 149 Å². The summed E-state index contributed by atoms with van der Waals surface area (Å²) in [5.41, 5.74) is 11.7. The number of nitrogens with zero attached hydrogens (tertiary/aromatic N) is 1. The van der Waals surface area contributed by atoms with Gasteiger partial charge >= 0.3 is 0 Å². The zero-order valence-corrected chi connectivity index (χ0v) is 34.6. The second-order valence-electron chi connectivity index (χ2n) is 19.4. The summed E-state index contributed by atoms with van der Waals surface area (Å²) in [6.45, 7) is 26.2. The molecule has 5 aromatic rings. The third kappa shape index (κ3) is 17.1. The summed E-state index contributed by atoms with van der Waals surface area (Å²) in [4.78, 5) is 4.36. The van der Waals surface area contributed by atoms with Gasteiger partial charge in [0.2, 0.25) is 0 Å². The Balaban J connectivity index is 0.000000176. The van der Waals surface area contributed by atoms with E-state index >= 15 is 0 Å². The maximum atomic E-state index is 5.07. The van der Waals surface area contributed by atoms with Crippen molar-refractivity contribution in [3.63, 3.8) is 0 Å². The van der Waals surface area contributed by atoms with Crippen LogP contribution in [0, 0.1) is 16.2 Å². The minimum Gasteiger partial charge on any atom is -0.472 e. The van der Waals surface area contributed by atoms with Crippen LogP contribution in [0.5, 0.6) is 0 Å². The summed E-state index contributed by atoms with van der Waals surface area (Å²) in [6.07, 6.45) is 19.8. The van der Waals surface area contributed by atoms with Gasteiger partial charge in [-0.15, -0.1) is 0 Å². The lowest BCUT2D eigenvalue weighted by molar-refractivity contribution is 0.469. The number of rotatable bonds is 0. The fourth-order valence-electron chi connectivity index (χ4n) is 6.09.